The molecule has 1 aromatic heterocycles. The van der Waals surface area contributed by atoms with Gasteiger partial charge in [0.05, 0.1) is 5.69 Å². The molecule has 0 aliphatic carbocycles. The van der Waals surface area contributed by atoms with Crippen molar-refractivity contribution in [1.29, 1.82) is 0 Å². The predicted octanol–water partition coefficient (Wildman–Crippen LogP) is 2.90. The van der Waals surface area contributed by atoms with E-state index < -0.39 is 11.6 Å². The Hall–Kier alpha value is -1.50. The first-order valence-electron chi connectivity index (χ1n) is 8.17. The number of halogens is 3. The minimum Gasteiger partial charge on any atom is -0.315 e. The molecule has 0 radical (unpaired) electrons. The minimum absolute atomic E-state index is 0. The molecule has 2 aromatic rings. The summed E-state index contributed by atoms with van der Waals surface area (Å²) in [5, 5.41) is 7.97. The summed E-state index contributed by atoms with van der Waals surface area (Å²) in [6, 6.07) is 6.65. The molecule has 2 atom stereocenters. The Morgan fingerprint density at radius 2 is 1.96 bits per heavy atom. The van der Waals surface area contributed by atoms with Gasteiger partial charge < -0.3 is 5.32 Å². The first kappa shape index (κ1) is 17.3. The van der Waals surface area contributed by atoms with E-state index in [1.165, 1.54) is 36.1 Å². The molecule has 0 saturated carbocycles. The highest BCUT2D eigenvalue weighted by Crippen LogP contribution is 2.29. The quantitative estimate of drug-likeness (QED) is 0.920. The summed E-state index contributed by atoms with van der Waals surface area (Å²) >= 11 is 0. The molecular weight excluding hydrogens is 334 g/mol. The fourth-order valence-corrected chi connectivity index (χ4v) is 3.77. The number of nitrogens with zero attached hydrogens (tertiary/aromatic N) is 3. The summed E-state index contributed by atoms with van der Waals surface area (Å²) in [6.07, 6.45) is 5.39. The molecule has 130 valence electrons. The van der Waals surface area contributed by atoms with E-state index in [1.807, 2.05) is 6.07 Å². The van der Waals surface area contributed by atoms with Gasteiger partial charge in [-0.15, -0.1) is 12.4 Å². The largest absolute Gasteiger partial charge is 0.315 e. The van der Waals surface area contributed by atoms with E-state index in [1.54, 1.807) is 6.20 Å². The Kier molecular flexibility index (Phi) is 5.18. The second-order valence-electron chi connectivity index (χ2n) is 6.40. The lowest BCUT2D eigenvalue weighted by Crippen LogP contribution is -2.37. The zero-order valence-corrected chi connectivity index (χ0v) is 14.1. The van der Waals surface area contributed by atoms with Crippen LogP contribution in [0.15, 0.2) is 30.5 Å². The number of benzene rings is 1. The van der Waals surface area contributed by atoms with Crippen LogP contribution in [0.3, 0.4) is 0 Å². The molecule has 4 nitrogen and oxygen atoms in total. The molecule has 1 aromatic carbocycles. The molecule has 0 amide bonds. The molecule has 2 aliphatic rings. The molecule has 3 heterocycles. The molecule has 2 fully saturated rings. The Bertz CT molecular complexity index is 692. The summed E-state index contributed by atoms with van der Waals surface area (Å²) in [5.41, 5.74) is 1.20. The van der Waals surface area contributed by atoms with E-state index in [2.05, 4.69) is 15.3 Å². The van der Waals surface area contributed by atoms with E-state index in [-0.39, 0.29) is 18.1 Å². The standard InChI is InChI=1S/C17H20F2N4.ClH/c18-12-1-4-17(16(19)9-12)23-8-6-13(21-23)11-22-14-2-3-15(22)10-20-7-5-14;/h1,4,6,8-9,14-15,20H,2-3,5,7,10-11H2;1H. The SMILES string of the molecule is Cl.Fc1ccc(-n2ccc(CN3C4CCNCC3CC4)n2)c(F)c1. The molecule has 2 aliphatic heterocycles. The molecule has 0 spiro atoms. The summed E-state index contributed by atoms with van der Waals surface area (Å²) in [6.45, 7) is 2.89. The van der Waals surface area contributed by atoms with Crippen molar-refractivity contribution in [3.05, 3.63) is 47.8 Å². The van der Waals surface area contributed by atoms with E-state index in [9.17, 15) is 8.78 Å². The second-order valence-corrected chi connectivity index (χ2v) is 6.40. The third-order valence-electron chi connectivity index (χ3n) is 4.95. The average Bonchev–Trinajstić information content (AvgIpc) is 3.04. The van der Waals surface area contributed by atoms with Gasteiger partial charge in [0.25, 0.3) is 0 Å². The van der Waals surface area contributed by atoms with E-state index in [0.717, 1.165) is 31.4 Å². The lowest BCUT2D eigenvalue weighted by Gasteiger charge is -2.26. The molecule has 4 rings (SSSR count). The van der Waals surface area contributed by atoms with Crippen LogP contribution in [0.25, 0.3) is 5.69 Å². The smallest absolute Gasteiger partial charge is 0.151 e. The van der Waals surface area contributed by atoms with Crippen LogP contribution >= 0.6 is 12.4 Å². The zero-order valence-electron chi connectivity index (χ0n) is 13.3. The number of hydrogen-bond acceptors (Lipinski definition) is 3. The van der Waals surface area contributed by atoms with Crippen LogP contribution in [-0.4, -0.2) is 39.9 Å². The van der Waals surface area contributed by atoms with E-state index >= 15 is 0 Å². The van der Waals surface area contributed by atoms with Gasteiger partial charge in [-0.25, -0.2) is 13.5 Å². The zero-order chi connectivity index (χ0) is 15.8. The summed E-state index contributed by atoms with van der Waals surface area (Å²) in [5.74, 6) is -1.18. The van der Waals surface area contributed by atoms with Crippen molar-refractivity contribution in [2.45, 2.75) is 37.9 Å². The van der Waals surface area contributed by atoms with Crippen molar-refractivity contribution in [2.75, 3.05) is 13.1 Å². The maximum absolute atomic E-state index is 13.9. The number of nitrogens with one attached hydrogen (secondary N) is 1. The van der Waals surface area contributed by atoms with Crippen molar-refractivity contribution < 1.29 is 8.78 Å². The van der Waals surface area contributed by atoms with Crippen LogP contribution in [0.1, 0.15) is 25.0 Å². The normalized spacial score (nSPS) is 23.8. The van der Waals surface area contributed by atoms with Gasteiger partial charge >= 0.3 is 0 Å². The number of fused-ring (bicyclic) bond motifs is 2. The van der Waals surface area contributed by atoms with Gasteiger partial charge in [-0.2, -0.15) is 5.10 Å². The van der Waals surface area contributed by atoms with Gasteiger partial charge in [-0.05, 0) is 44.0 Å². The molecule has 2 unspecified atom stereocenters. The first-order chi connectivity index (χ1) is 11.2. The monoisotopic (exact) mass is 354 g/mol. The topological polar surface area (TPSA) is 33.1 Å². The van der Waals surface area contributed by atoms with Crippen molar-refractivity contribution >= 4 is 12.4 Å². The van der Waals surface area contributed by atoms with Gasteiger partial charge in [0.2, 0.25) is 0 Å². The van der Waals surface area contributed by atoms with Gasteiger partial charge in [-0.3, -0.25) is 4.90 Å². The highest BCUT2D eigenvalue weighted by atomic mass is 35.5. The van der Waals surface area contributed by atoms with E-state index in [4.69, 9.17) is 0 Å². The average molecular weight is 355 g/mol. The third kappa shape index (κ3) is 3.31. The maximum Gasteiger partial charge on any atom is 0.151 e. The fraction of sp³-hybridized carbons (Fsp3) is 0.471. The van der Waals surface area contributed by atoms with Crippen LogP contribution in [0, 0.1) is 11.6 Å². The molecule has 7 heteroatoms. The Labute approximate surface area is 146 Å². The van der Waals surface area contributed by atoms with Crippen LogP contribution < -0.4 is 5.32 Å². The Morgan fingerprint density at radius 3 is 2.79 bits per heavy atom. The number of rotatable bonds is 3. The van der Waals surface area contributed by atoms with Crippen molar-refractivity contribution in [2.24, 2.45) is 0 Å². The molecule has 2 saturated heterocycles. The van der Waals surface area contributed by atoms with Gasteiger partial charge in [0.15, 0.2) is 5.82 Å². The Balaban J connectivity index is 0.00000169. The summed E-state index contributed by atoms with van der Waals surface area (Å²) < 4.78 is 28.4. The van der Waals surface area contributed by atoms with Crippen LogP contribution in [0.4, 0.5) is 8.78 Å². The van der Waals surface area contributed by atoms with Gasteiger partial charge in [0, 0.05) is 37.4 Å². The molecule has 1 N–H and O–H groups in total. The third-order valence-corrected chi connectivity index (χ3v) is 4.95. The first-order valence-corrected chi connectivity index (χ1v) is 8.17. The second kappa shape index (κ2) is 7.17. The molecule has 24 heavy (non-hydrogen) atoms. The lowest BCUT2D eigenvalue weighted by molar-refractivity contribution is 0.191. The number of aromatic nitrogens is 2. The van der Waals surface area contributed by atoms with E-state index in [0.29, 0.717) is 12.1 Å². The molecular formula is C17H21ClF2N4. The summed E-state index contributed by atoms with van der Waals surface area (Å²) in [7, 11) is 0. The van der Waals surface area contributed by atoms with Crippen molar-refractivity contribution in [3.8, 4) is 5.69 Å². The lowest BCUT2D eigenvalue weighted by atomic mass is 10.1. The minimum atomic E-state index is -0.598. The van der Waals surface area contributed by atoms with Crippen molar-refractivity contribution in [3.63, 3.8) is 0 Å². The molecule has 2 bridgehead atoms. The highest BCUT2D eigenvalue weighted by Gasteiger charge is 2.34. The maximum atomic E-state index is 13.9. The van der Waals surface area contributed by atoms with Crippen LogP contribution in [0.2, 0.25) is 0 Å². The van der Waals surface area contributed by atoms with Gasteiger partial charge in [-0.1, -0.05) is 0 Å². The van der Waals surface area contributed by atoms with Crippen LogP contribution in [-0.2, 0) is 6.54 Å². The highest BCUT2D eigenvalue weighted by molar-refractivity contribution is 5.85. The number of hydrogen-bond donors (Lipinski definition) is 1. The summed E-state index contributed by atoms with van der Waals surface area (Å²) in [4.78, 5) is 2.52. The van der Waals surface area contributed by atoms with Crippen LogP contribution in [0.5, 0.6) is 0 Å². The van der Waals surface area contributed by atoms with Gasteiger partial charge in [0.1, 0.15) is 11.5 Å². The predicted molar refractivity (Wildman–Crippen MR) is 90.6 cm³/mol. The van der Waals surface area contributed by atoms with Crippen molar-refractivity contribution in [1.82, 2.24) is 20.0 Å². The fourth-order valence-electron chi connectivity index (χ4n) is 3.77. The Morgan fingerprint density at radius 1 is 1.12 bits per heavy atom.